The molecule has 0 rings (SSSR count). The number of rotatable bonds is 58. The van der Waals surface area contributed by atoms with Crippen LogP contribution in [0.5, 0.6) is 0 Å². The predicted octanol–water partition coefficient (Wildman–Crippen LogP) is 14.1. The Hall–Kier alpha value is -0.320. The van der Waals surface area contributed by atoms with Gasteiger partial charge in [0.25, 0.3) is 0 Å². The minimum atomic E-state index is -0.488. The van der Waals surface area contributed by atoms with Crippen molar-refractivity contribution < 1.29 is 15.3 Å². The molecule has 0 aromatic carbocycles. The molecule has 3 unspecified atom stereocenters. The Bertz CT molecular complexity index is 886. The molecule has 8 nitrogen and oxygen atoms in total. The number of unbranched alkanes of at least 4 members (excludes halogenated alkanes) is 34. The van der Waals surface area contributed by atoms with Gasteiger partial charge in [0.15, 0.2) is 0 Å². The van der Waals surface area contributed by atoms with E-state index < -0.39 is 12.3 Å². The quantitative estimate of drug-likeness (QED) is 0.0265. The first kappa shape index (κ1) is 65.7. The number of hydrogen-bond donors (Lipinski definition) is 6. The van der Waals surface area contributed by atoms with Gasteiger partial charge in [-0.05, 0) is 90.8 Å². The van der Waals surface area contributed by atoms with Gasteiger partial charge in [0.1, 0.15) is 6.23 Å². The first-order chi connectivity index (χ1) is 32.5. The molecular weight excluding hydrogens is 815 g/mol. The molecule has 0 saturated carbocycles. The van der Waals surface area contributed by atoms with Crippen molar-refractivity contribution in [3.63, 3.8) is 0 Å². The Morgan fingerprint density at radius 2 is 0.576 bits per heavy atom. The van der Waals surface area contributed by atoms with Crippen molar-refractivity contribution in [3.05, 3.63) is 0 Å². The van der Waals surface area contributed by atoms with E-state index in [-0.39, 0.29) is 6.10 Å². The van der Waals surface area contributed by atoms with Gasteiger partial charge < -0.3 is 35.8 Å². The van der Waals surface area contributed by atoms with Crippen molar-refractivity contribution in [1.29, 1.82) is 0 Å². The lowest BCUT2D eigenvalue weighted by Gasteiger charge is -2.27. The summed E-state index contributed by atoms with van der Waals surface area (Å²) in [7, 11) is 0. The van der Waals surface area contributed by atoms with Crippen molar-refractivity contribution in [3.8, 4) is 0 Å². The number of nitrogens with zero attached hydrogens (tertiary/aromatic N) is 2. The molecule has 0 saturated heterocycles. The van der Waals surface area contributed by atoms with E-state index in [0.29, 0.717) is 32.6 Å². The molecule has 0 amide bonds. The smallest absolute Gasteiger partial charge is 0.106 e. The minimum absolute atomic E-state index is 0.324. The van der Waals surface area contributed by atoms with Crippen LogP contribution in [0, 0.1) is 0 Å². The average molecular weight is 939 g/mol. The molecule has 0 radical (unpaired) electrons. The molecule has 0 fully saturated rings. The van der Waals surface area contributed by atoms with Crippen LogP contribution in [0.25, 0.3) is 0 Å². The van der Waals surface area contributed by atoms with Crippen LogP contribution < -0.4 is 16.0 Å². The molecule has 0 aromatic rings. The van der Waals surface area contributed by atoms with E-state index in [0.717, 1.165) is 71.5 Å². The van der Waals surface area contributed by atoms with Crippen LogP contribution >= 0.6 is 0 Å². The van der Waals surface area contributed by atoms with Gasteiger partial charge in [0, 0.05) is 26.2 Å². The maximum Gasteiger partial charge on any atom is 0.106 e. The second-order valence-corrected chi connectivity index (χ2v) is 21.0. The number of aliphatic hydroxyl groups excluding tert-OH is 3. The monoisotopic (exact) mass is 938 g/mol. The molecular formula is C58H123N5O3. The maximum atomic E-state index is 11.2. The molecule has 0 aliphatic rings. The topological polar surface area (TPSA) is 103 Å². The summed E-state index contributed by atoms with van der Waals surface area (Å²) >= 11 is 0. The van der Waals surface area contributed by atoms with Crippen LogP contribution in [0.3, 0.4) is 0 Å². The normalized spacial score (nSPS) is 13.4. The van der Waals surface area contributed by atoms with Crippen molar-refractivity contribution in [2.24, 2.45) is 0 Å². The van der Waals surface area contributed by atoms with E-state index in [1.54, 1.807) is 0 Å². The second kappa shape index (κ2) is 55.6. The SMILES string of the molecule is CCCCCCCCCCCCCCNC(O)CCNCC(O)CN(CCCCCCCCCCCCCC)CCCCN(CCCCCCCCCCCCCC)CC(O)CNCCC. The molecule has 0 spiro atoms. The molecule has 0 aliphatic heterocycles. The lowest BCUT2D eigenvalue weighted by atomic mass is 10.1. The molecule has 0 heterocycles. The van der Waals surface area contributed by atoms with Gasteiger partial charge in [-0.15, -0.1) is 0 Å². The zero-order valence-corrected chi connectivity index (χ0v) is 45.5. The van der Waals surface area contributed by atoms with Crippen LogP contribution in [0.2, 0.25) is 0 Å². The van der Waals surface area contributed by atoms with Gasteiger partial charge in [-0.25, -0.2) is 0 Å². The van der Waals surface area contributed by atoms with Crippen molar-refractivity contribution in [2.75, 3.05) is 72.0 Å². The van der Waals surface area contributed by atoms with Gasteiger partial charge >= 0.3 is 0 Å². The zero-order valence-electron chi connectivity index (χ0n) is 45.5. The highest BCUT2D eigenvalue weighted by atomic mass is 16.3. The minimum Gasteiger partial charge on any atom is -0.390 e. The van der Waals surface area contributed by atoms with Crippen LogP contribution in [0.1, 0.15) is 285 Å². The molecule has 66 heavy (non-hydrogen) atoms. The number of aliphatic hydroxyl groups is 3. The zero-order chi connectivity index (χ0) is 48.1. The Morgan fingerprint density at radius 1 is 0.303 bits per heavy atom. The molecule has 0 bridgehead atoms. The second-order valence-electron chi connectivity index (χ2n) is 21.0. The van der Waals surface area contributed by atoms with E-state index in [1.807, 2.05) is 0 Å². The van der Waals surface area contributed by atoms with Crippen molar-refractivity contribution in [1.82, 2.24) is 25.8 Å². The summed E-state index contributed by atoms with van der Waals surface area (Å²) in [6.45, 7) is 18.5. The van der Waals surface area contributed by atoms with E-state index >= 15 is 0 Å². The highest BCUT2D eigenvalue weighted by Crippen LogP contribution is 2.15. The van der Waals surface area contributed by atoms with Gasteiger partial charge in [-0.3, -0.25) is 5.32 Å². The first-order valence-electron chi connectivity index (χ1n) is 30.1. The Labute approximate surface area is 414 Å². The third kappa shape index (κ3) is 51.5. The molecule has 3 atom stereocenters. The van der Waals surface area contributed by atoms with E-state index in [2.05, 4.69) is 53.4 Å². The van der Waals surface area contributed by atoms with Gasteiger partial charge in [-0.1, -0.05) is 240 Å². The molecule has 8 heteroatoms. The largest absolute Gasteiger partial charge is 0.390 e. The van der Waals surface area contributed by atoms with Crippen molar-refractivity contribution >= 4 is 0 Å². The fourth-order valence-corrected chi connectivity index (χ4v) is 9.63. The summed E-state index contributed by atoms with van der Waals surface area (Å²) in [6, 6.07) is 0. The van der Waals surface area contributed by atoms with Crippen LogP contribution in [0.15, 0.2) is 0 Å². The van der Waals surface area contributed by atoms with E-state index in [9.17, 15) is 15.3 Å². The van der Waals surface area contributed by atoms with Gasteiger partial charge in [0.2, 0.25) is 0 Å². The number of hydrogen-bond acceptors (Lipinski definition) is 8. The fraction of sp³-hybridized carbons (Fsp3) is 1.00. The first-order valence-corrected chi connectivity index (χ1v) is 30.1. The van der Waals surface area contributed by atoms with Crippen LogP contribution in [-0.2, 0) is 0 Å². The predicted molar refractivity (Wildman–Crippen MR) is 292 cm³/mol. The lowest BCUT2D eigenvalue weighted by Crippen LogP contribution is -2.41. The summed E-state index contributed by atoms with van der Waals surface area (Å²) in [6.07, 6.45) is 51.7. The highest BCUT2D eigenvalue weighted by molar-refractivity contribution is 4.71. The van der Waals surface area contributed by atoms with Gasteiger partial charge in [-0.2, -0.15) is 0 Å². The van der Waals surface area contributed by atoms with E-state index in [4.69, 9.17) is 0 Å². The third-order valence-corrected chi connectivity index (χ3v) is 14.0. The summed E-state index contributed by atoms with van der Waals surface area (Å²) < 4.78 is 0. The standard InChI is InChI=1S/C58H123N5O3/c1-5-9-12-15-18-21-24-27-30-33-36-39-46-61-58(66)44-47-60-53-57(65)55-63(49-41-38-35-32-29-26-23-20-17-14-11-7-3)51-43-42-50-62(54-56(64)52-59-45-8-4)48-40-37-34-31-28-25-22-19-16-13-10-6-2/h56-61,64-66H,5-55H2,1-4H3. The van der Waals surface area contributed by atoms with Crippen LogP contribution in [0.4, 0.5) is 0 Å². The van der Waals surface area contributed by atoms with Crippen molar-refractivity contribution in [2.45, 2.75) is 303 Å². The Kier molecular flexibility index (Phi) is 55.3. The maximum absolute atomic E-state index is 11.2. The lowest BCUT2D eigenvalue weighted by molar-refractivity contribution is 0.0982. The van der Waals surface area contributed by atoms with E-state index in [1.165, 1.54) is 225 Å². The third-order valence-electron chi connectivity index (χ3n) is 14.0. The molecule has 398 valence electrons. The summed E-state index contributed by atoms with van der Waals surface area (Å²) in [5.41, 5.74) is 0. The highest BCUT2D eigenvalue weighted by Gasteiger charge is 2.15. The molecule has 0 aliphatic carbocycles. The fourth-order valence-electron chi connectivity index (χ4n) is 9.63. The Balaban J connectivity index is 4.69. The van der Waals surface area contributed by atoms with Gasteiger partial charge in [0.05, 0.1) is 12.2 Å². The summed E-state index contributed by atoms with van der Waals surface area (Å²) in [5, 5.41) is 42.8. The average Bonchev–Trinajstić information content (AvgIpc) is 3.31. The summed E-state index contributed by atoms with van der Waals surface area (Å²) in [4.78, 5) is 5.05. The molecule has 0 aromatic heterocycles. The number of nitrogens with one attached hydrogen (secondary N) is 3. The Morgan fingerprint density at radius 3 is 0.894 bits per heavy atom. The summed E-state index contributed by atoms with van der Waals surface area (Å²) in [5.74, 6) is 0. The van der Waals surface area contributed by atoms with Crippen LogP contribution in [-0.4, -0.2) is 116 Å². The molecule has 6 N–H and O–H groups in total.